The number of benzene rings is 6. The lowest BCUT2D eigenvalue weighted by Gasteiger charge is -2.28. The number of imidazole rings is 1. The van der Waals surface area contributed by atoms with Crippen molar-refractivity contribution < 1.29 is 9.22 Å². The van der Waals surface area contributed by atoms with Crippen LogP contribution in [0.3, 0.4) is 0 Å². The monoisotopic (exact) mass is 819 g/mol. The maximum Gasteiger partial charge on any atom is 0.149 e. The van der Waals surface area contributed by atoms with Gasteiger partial charge < -0.3 is 5.11 Å². The molecule has 0 bridgehead atoms. The number of hydrogen-bond acceptors (Lipinski definition) is 3. The summed E-state index contributed by atoms with van der Waals surface area (Å²) in [4.78, 5) is 10.4. The van der Waals surface area contributed by atoms with Crippen LogP contribution >= 0.6 is 0 Å². The Morgan fingerprint density at radius 1 is 0.500 bits per heavy atom. The summed E-state index contributed by atoms with van der Waals surface area (Å²) in [5, 5.41) is 12.6. The highest BCUT2D eigenvalue weighted by atomic mass is 16.3. The summed E-state index contributed by atoms with van der Waals surface area (Å²) in [7, 11) is 0. The Balaban J connectivity index is 1.50. The first kappa shape index (κ1) is 38.6. The van der Waals surface area contributed by atoms with E-state index in [1.165, 1.54) is 5.56 Å². The highest BCUT2D eigenvalue weighted by Gasteiger charge is 2.30. The lowest BCUT2D eigenvalue weighted by molar-refractivity contribution is 0.446. The molecule has 4 nitrogen and oxygen atoms in total. The van der Waals surface area contributed by atoms with E-state index in [0.717, 1.165) is 61.4 Å². The minimum atomic E-state index is -0.619. The Labute approximate surface area is 373 Å². The number of pyridine rings is 1. The molecule has 0 aliphatic heterocycles. The van der Waals surface area contributed by atoms with E-state index < -0.39 is 10.8 Å². The number of rotatable bonds is 6. The molecule has 2 aromatic heterocycles. The summed E-state index contributed by atoms with van der Waals surface area (Å²) in [5.41, 5.74) is 11.8. The van der Waals surface area contributed by atoms with E-state index >= 15 is 0 Å². The van der Waals surface area contributed by atoms with Gasteiger partial charge in [0.1, 0.15) is 11.6 Å². The van der Waals surface area contributed by atoms with Gasteiger partial charge in [0.15, 0.2) is 0 Å². The normalized spacial score (nSPS) is 13.3. The van der Waals surface area contributed by atoms with Gasteiger partial charge in [-0.15, -0.1) is 0 Å². The number of aromatic nitrogens is 3. The zero-order chi connectivity index (χ0) is 47.0. The molecule has 0 amide bonds. The first-order chi connectivity index (χ1) is 30.4. The van der Waals surface area contributed by atoms with Gasteiger partial charge in [0.05, 0.1) is 32.1 Å². The molecule has 0 saturated carbocycles. The van der Waals surface area contributed by atoms with E-state index in [0.29, 0.717) is 34.1 Å². The van der Waals surface area contributed by atoms with Crippen LogP contribution in [0.25, 0.3) is 72.7 Å². The summed E-state index contributed by atoms with van der Waals surface area (Å²) >= 11 is 0. The molecule has 8 rings (SSSR count). The van der Waals surface area contributed by atoms with Crippen molar-refractivity contribution in [1.29, 1.82) is 0 Å². The number of hydrogen-bond donors (Lipinski definition) is 1. The molecule has 0 aliphatic rings. The summed E-state index contributed by atoms with van der Waals surface area (Å²) in [6, 6.07) is 42.4. The van der Waals surface area contributed by atoms with Crippen LogP contribution in [0.2, 0.25) is 0 Å². The molecule has 1 N–H and O–H groups in total. The molecule has 6 aromatic carbocycles. The number of aromatic hydroxyl groups is 1. The third-order valence-electron chi connectivity index (χ3n) is 11.8. The van der Waals surface area contributed by atoms with Crippen LogP contribution in [0.5, 0.6) is 5.75 Å². The van der Waals surface area contributed by atoms with Crippen LogP contribution in [-0.2, 0) is 21.7 Å². The van der Waals surface area contributed by atoms with Crippen molar-refractivity contribution in [2.24, 2.45) is 0 Å². The Bertz CT molecular complexity index is 3060. The van der Waals surface area contributed by atoms with Crippen molar-refractivity contribution in [3.63, 3.8) is 0 Å². The molecule has 8 aromatic rings. The second-order valence-corrected chi connectivity index (χ2v) is 20.8. The van der Waals surface area contributed by atoms with E-state index in [2.05, 4.69) is 125 Å². The quantitative estimate of drug-likeness (QED) is 0.182. The zero-order valence-corrected chi connectivity index (χ0v) is 38.4. The highest BCUT2D eigenvalue weighted by Crippen LogP contribution is 2.46. The van der Waals surface area contributed by atoms with Gasteiger partial charge in [-0.25, -0.2) is 4.98 Å². The van der Waals surface area contributed by atoms with Crippen LogP contribution in [0.15, 0.2) is 146 Å². The van der Waals surface area contributed by atoms with E-state index in [4.69, 9.17) is 11.3 Å². The molecule has 314 valence electrons. The summed E-state index contributed by atoms with van der Waals surface area (Å²) < 4.78 is 30.4. The minimum absolute atomic E-state index is 0.0915. The molecule has 0 atom stereocenters. The Kier molecular flexibility index (Phi) is 9.71. The Hall–Kier alpha value is -6.26. The number of phenolic OH excluding ortho intramolecular Hbond substituents is 1. The smallest absolute Gasteiger partial charge is 0.149 e. The summed E-state index contributed by atoms with van der Waals surface area (Å²) in [5.74, 6) is 0.334. The first-order valence-corrected chi connectivity index (χ1v) is 21.7. The molecule has 0 unspecified atom stereocenters. The fourth-order valence-electron chi connectivity index (χ4n) is 8.09. The average molecular weight is 819 g/mol. The van der Waals surface area contributed by atoms with E-state index in [1.54, 1.807) is 6.20 Å². The molecule has 0 saturated heterocycles. The van der Waals surface area contributed by atoms with Crippen molar-refractivity contribution in [3.8, 4) is 67.5 Å². The largest absolute Gasteiger partial charge is 0.507 e. The van der Waals surface area contributed by atoms with Gasteiger partial charge in [0.2, 0.25) is 0 Å². The SMILES string of the molecule is [2H]c1cnc(-c2cc(-c3cccc4c3nc(-c3c([2H])c(C(C)(C)C)c([2H])c(C(C)(C)C)c3O)n4-c3ccc(C(C)(C)C)cc3-c3ccccc3)cc(C(C)(C)C)c2)cc1-c1ccccc1. The maximum absolute atomic E-state index is 12.6. The van der Waals surface area contributed by atoms with Gasteiger partial charge >= 0.3 is 0 Å². The van der Waals surface area contributed by atoms with Crippen molar-refractivity contribution in [1.82, 2.24) is 14.5 Å². The van der Waals surface area contributed by atoms with Crippen LogP contribution in [0, 0.1) is 0 Å². The van der Waals surface area contributed by atoms with Crippen LogP contribution in [0.1, 0.15) is 109 Å². The molecular weight excluding hydrogens is 755 g/mol. The molecule has 0 spiro atoms. The lowest BCUT2D eigenvalue weighted by Crippen LogP contribution is -2.17. The average Bonchev–Trinajstić information content (AvgIpc) is 3.61. The number of nitrogens with zero attached hydrogens (tertiary/aromatic N) is 3. The van der Waals surface area contributed by atoms with Crippen LogP contribution < -0.4 is 0 Å². The van der Waals surface area contributed by atoms with Gasteiger partial charge in [0.25, 0.3) is 0 Å². The molecule has 62 heavy (non-hydrogen) atoms. The molecule has 4 heteroatoms. The van der Waals surface area contributed by atoms with Crippen LogP contribution in [-0.4, -0.2) is 19.6 Å². The molecule has 2 heterocycles. The third kappa shape index (κ3) is 8.23. The maximum atomic E-state index is 12.6. The Morgan fingerprint density at radius 3 is 1.76 bits per heavy atom. The fourth-order valence-corrected chi connectivity index (χ4v) is 8.09. The highest BCUT2D eigenvalue weighted by molar-refractivity contribution is 5.98. The van der Waals surface area contributed by atoms with Crippen molar-refractivity contribution in [2.45, 2.75) is 105 Å². The van der Waals surface area contributed by atoms with E-state index in [9.17, 15) is 7.85 Å². The van der Waals surface area contributed by atoms with E-state index in [1.807, 2.05) is 84.0 Å². The number of fused-ring (bicyclic) bond motifs is 1. The fraction of sp³-hybridized carbons (Fsp3) is 0.276. The molecule has 0 radical (unpaired) electrons. The predicted octanol–water partition coefficient (Wildman–Crippen LogP) is 15.7. The third-order valence-corrected chi connectivity index (χ3v) is 11.8. The zero-order valence-electron chi connectivity index (χ0n) is 41.4. The predicted molar refractivity (Wildman–Crippen MR) is 263 cm³/mol. The standard InChI is InChI=1S/C58H61N3O/c1-55(2,3)42-26-27-50(46(34-42)38-22-17-14-18-23-38)61-51-25-19-24-45(52(51)60-54(61)47-35-44(57(7,8)9)36-48(53(47)62)58(10,11)12)40-30-41(32-43(31-40)56(4,5)6)49-33-39(28-29-59-49)37-20-15-13-16-21-37/h13-36,62H,1-12H3/i28D,35D,36D. The summed E-state index contributed by atoms with van der Waals surface area (Å²) in [6.07, 6.45) is 1.63. The van der Waals surface area contributed by atoms with Gasteiger partial charge in [-0.3, -0.25) is 9.55 Å². The molecular formula is C58H61N3O. The van der Waals surface area contributed by atoms with Crippen molar-refractivity contribution >= 4 is 11.0 Å². The molecule has 0 aliphatic carbocycles. The van der Waals surface area contributed by atoms with Gasteiger partial charge in [0, 0.05) is 28.5 Å². The minimum Gasteiger partial charge on any atom is -0.507 e. The Morgan fingerprint density at radius 2 is 1.13 bits per heavy atom. The first-order valence-electron chi connectivity index (χ1n) is 23.2. The van der Waals surface area contributed by atoms with Crippen molar-refractivity contribution in [2.75, 3.05) is 0 Å². The number of para-hydroxylation sites is 1. The number of phenols is 1. The second-order valence-electron chi connectivity index (χ2n) is 20.8. The van der Waals surface area contributed by atoms with E-state index in [-0.39, 0.29) is 28.7 Å². The molecule has 0 fully saturated rings. The van der Waals surface area contributed by atoms with Crippen LogP contribution in [0.4, 0.5) is 0 Å². The van der Waals surface area contributed by atoms with Crippen molar-refractivity contribution in [3.05, 3.63) is 168 Å². The lowest BCUT2D eigenvalue weighted by atomic mass is 9.79. The second kappa shape index (κ2) is 15.6. The van der Waals surface area contributed by atoms with Gasteiger partial charge in [-0.05, 0) is 109 Å². The van der Waals surface area contributed by atoms with Gasteiger partial charge in [-0.2, -0.15) is 0 Å². The summed E-state index contributed by atoms with van der Waals surface area (Å²) in [6.45, 7) is 25.4. The topological polar surface area (TPSA) is 50.9 Å². The van der Waals surface area contributed by atoms with Gasteiger partial charge in [-0.1, -0.05) is 174 Å².